The minimum absolute atomic E-state index is 0.736. The van der Waals surface area contributed by atoms with E-state index in [2.05, 4.69) is 50.8 Å². The molecule has 0 aliphatic carbocycles. The summed E-state index contributed by atoms with van der Waals surface area (Å²) in [5, 5.41) is 0.983. The number of benzene rings is 1. The Labute approximate surface area is 149 Å². The van der Waals surface area contributed by atoms with Gasteiger partial charge in [-0.2, -0.15) is 0 Å². The van der Waals surface area contributed by atoms with Crippen LogP contribution in [0.25, 0.3) is 11.3 Å². The maximum Gasteiger partial charge on any atom is 0.186 e. The number of thiazole rings is 1. The quantitative estimate of drug-likeness (QED) is 0.551. The van der Waals surface area contributed by atoms with Gasteiger partial charge in [0.15, 0.2) is 11.4 Å². The van der Waals surface area contributed by atoms with Gasteiger partial charge < -0.3 is 4.90 Å². The van der Waals surface area contributed by atoms with Crippen molar-refractivity contribution in [2.45, 2.75) is 53.4 Å². The van der Waals surface area contributed by atoms with E-state index >= 15 is 0 Å². The Morgan fingerprint density at radius 3 is 2.17 bits per heavy atom. The van der Waals surface area contributed by atoms with Crippen LogP contribution in [0.5, 0.6) is 0 Å². The molecule has 0 fully saturated rings. The topological polar surface area (TPSA) is 33.2 Å². The van der Waals surface area contributed by atoms with Crippen LogP contribution in [0.3, 0.4) is 0 Å². The van der Waals surface area contributed by atoms with E-state index in [9.17, 15) is 4.79 Å². The van der Waals surface area contributed by atoms with Crippen molar-refractivity contribution in [2.24, 2.45) is 0 Å². The van der Waals surface area contributed by atoms with Gasteiger partial charge in [-0.15, -0.1) is 0 Å². The number of carbonyl (C=O) groups is 1. The predicted octanol–water partition coefficient (Wildman–Crippen LogP) is 5.65. The summed E-state index contributed by atoms with van der Waals surface area (Å²) in [6.07, 6.45) is 5.59. The van der Waals surface area contributed by atoms with E-state index in [4.69, 9.17) is 4.98 Å². The average Bonchev–Trinajstić information content (AvgIpc) is 2.98. The Hall–Kier alpha value is -1.68. The Morgan fingerprint density at radius 2 is 1.67 bits per heavy atom. The molecule has 24 heavy (non-hydrogen) atoms. The second-order valence-electron chi connectivity index (χ2n) is 6.29. The molecule has 0 saturated heterocycles. The molecule has 0 N–H and O–H groups in total. The minimum atomic E-state index is 0.736. The Bertz CT molecular complexity index is 650. The lowest BCUT2D eigenvalue weighted by Gasteiger charge is -2.21. The largest absolute Gasteiger partial charge is 0.348 e. The normalized spacial score (nSPS) is 10.8. The van der Waals surface area contributed by atoms with Crippen LogP contribution in [0.2, 0.25) is 0 Å². The number of anilines is 1. The zero-order valence-corrected chi connectivity index (χ0v) is 16.1. The van der Waals surface area contributed by atoms with Gasteiger partial charge in [0.25, 0.3) is 0 Å². The number of aldehydes is 1. The van der Waals surface area contributed by atoms with Crippen LogP contribution in [0.4, 0.5) is 5.13 Å². The van der Waals surface area contributed by atoms with Gasteiger partial charge >= 0.3 is 0 Å². The van der Waals surface area contributed by atoms with Crippen LogP contribution >= 0.6 is 11.3 Å². The zero-order chi connectivity index (χ0) is 17.5. The van der Waals surface area contributed by atoms with Crippen molar-refractivity contribution in [1.29, 1.82) is 0 Å². The van der Waals surface area contributed by atoms with Crippen molar-refractivity contribution in [3.63, 3.8) is 0 Å². The molecule has 0 amide bonds. The monoisotopic (exact) mass is 344 g/mol. The highest BCUT2D eigenvalue weighted by Crippen LogP contribution is 2.35. The van der Waals surface area contributed by atoms with Gasteiger partial charge in [-0.05, 0) is 37.8 Å². The first kappa shape index (κ1) is 18.7. The van der Waals surface area contributed by atoms with Crippen LogP contribution in [-0.2, 0) is 0 Å². The van der Waals surface area contributed by atoms with E-state index in [1.54, 1.807) is 0 Å². The van der Waals surface area contributed by atoms with Crippen molar-refractivity contribution in [2.75, 3.05) is 18.0 Å². The molecule has 0 bridgehead atoms. The van der Waals surface area contributed by atoms with E-state index in [1.807, 2.05) is 0 Å². The van der Waals surface area contributed by atoms with E-state index in [0.29, 0.717) is 0 Å². The van der Waals surface area contributed by atoms with Gasteiger partial charge in [0.05, 0.1) is 10.6 Å². The molecule has 1 aromatic heterocycles. The van der Waals surface area contributed by atoms with Crippen LogP contribution < -0.4 is 4.90 Å². The minimum Gasteiger partial charge on any atom is -0.348 e. The fourth-order valence-corrected chi connectivity index (χ4v) is 3.84. The molecule has 130 valence electrons. The molecule has 2 aromatic rings. The standard InChI is InChI=1S/C20H28N2OS/c1-5-7-12-22(13-8-6-2)20-21-19(17(14-23)24-20)18-15(3)10-9-11-16(18)4/h9-11,14H,5-8,12-13H2,1-4H3. The summed E-state index contributed by atoms with van der Waals surface area (Å²) in [6.45, 7) is 10.6. The van der Waals surface area contributed by atoms with Crippen molar-refractivity contribution in [1.82, 2.24) is 4.98 Å². The van der Waals surface area contributed by atoms with E-state index in [-0.39, 0.29) is 0 Å². The first-order valence-electron chi connectivity index (χ1n) is 8.89. The number of aryl methyl sites for hydroxylation is 2. The van der Waals surface area contributed by atoms with Crippen molar-refractivity contribution < 1.29 is 4.79 Å². The second kappa shape index (κ2) is 8.97. The van der Waals surface area contributed by atoms with Gasteiger partial charge in [-0.1, -0.05) is 56.2 Å². The molecule has 3 nitrogen and oxygen atoms in total. The van der Waals surface area contributed by atoms with E-state index < -0.39 is 0 Å². The lowest BCUT2D eigenvalue weighted by molar-refractivity contribution is 0.112. The van der Waals surface area contributed by atoms with Crippen LogP contribution in [0, 0.1) is 13.8 Å². The lowest BCUT2D eigenvalue weighted by atomic mass is 9.99. The summed E-state index contributed by atoms with van der Waals surface area (Å²) in [7, 11) is 0. The molecule has 0 aliphatic rings. The summed E-state index contributed by atoms with van der Waals surface area (Å²) in [4.78, 5) is 19.6. The predicted molar refractivity (Wildman–Crippen MR) is 104 cm³/mol. The third kappa shape index (κ3) is 4.23. The van der Waals surface area contributed by atoms with Gasteiger partial charge in [0.2, 0.25) is 0 Å². The maximum absolute atomic E-state index is 11.6. The summed E-state index contributed by atoms with van der Waals surface area (Å²) in [5.41, 5.74) is 4.29. The molecular weight excluding hydrogens is 316 g/mol. The number of nitrogens with zero attached hydrogens (tertiary/aromatic N) is 2. The highest BCUT2D eigenvalue weighted by molar-refractivity contribution is 7.17. The number of carbonyl (C=O) groups excluding carboxylic acids is 1. The van der Waals surface area contributed by atoms with Gasteiger partial charge in [0.1, 0.15) is 0 Å². The fourth-order valence-electron chi connectivity index (χ4n) is 2.90. The fraction of sp³-hybridized carbons (Fsp3) is 0.500. The highest BCUT2D eigenvalue weighted by atomic mass is 32.1. The average molecular weight is 345 g/mol. The Balaban J connectivity index is 2.42. The molecule has 0 atom stereocenters. The number of hydrogen-bond acceptors (Lipinski definition) is 4. The number of hydrogen-bond donors (Lipinski definition) is 0. The molecule has 0 spiro atoms. The number of rotatable bonds is 9. The Morgan fingerprint density at radius 1 is 1.08 bits per heavy atom. The third-order valence-electron chi connectivity index (χ3n) is 4.30. The molecule has 0 saturated carbocycles. The second-order valence-corrected chi connectivity index (χ2v) is 7.30. The van der Waals surface area contributed by atoms with Gasteiger partial charge in [0, 0.05) is 18.7 Å². The van der Waals surface area contributed by atoms with E-state index in [1.165, 1.54) is 22.5 Å². The van der Waals surface area contributed by atoms with Crippen molar-refractivity contribution in [3.05, 3.63) is 34.2 Å². The van der Waals surface area contributed by atoms with Crippen molar-refractivity contribution >= 4 is 22.8 Å². The van der Waals surface area contributed by atoms with Gasteiger partial charge in [-0.3, -0.25) is 4.79 Å². The zero-order valence-electron chi connectivity index (χ0n) is 15.3. The lowest BCUT2D eigenvalue weighted by Crippen LogP contribution is -2.25. The van der Waals surface area contributed by atoms with Gasteiger partial charge in [-0.25, -0.2) is 4.98 Å². The van der Waals surface area contributed by atoms with Crippen molar-refractivity contribution in [3.8, 4) is 11.3 Å². The van der Waals surface area contributed by atoms with Crippen LogP contribution in [0.1, 0.15) is 60.3 Å². The number of unbranched alkanes of at least 4 members (excludes halogenated alkanes) is 2. The summed E-state index contributed by atoms with van der Waals surface area (Å²) in [5.74, 6) is 0. The summed E-state index contributed by atoms with van der Waals surface area (Å²) in [6, 6.07) is 6.22. The first-order valence-corrected chi connectivity index (χ1v) is 9.71. The highest BCUT2D eigenvalue weighted by Gasteiger charge is 2.19. The Kier molecular flexibility index (Phi) is 6.98. The molecular formula is C20H28N2OS. The third-order valence-corrected chi connectivity index (χ3v) is 5.34. The van der Waals surface area contributed by atoms with E-state index in [0.717, 1.165) is 66.3 Å². The van der Waals surface area contributed by atoms with Crippen LogP contribution in [0.15, 0.2) is 18.2 Å². The molecule has 0 radical (unpaired) electrons. The van der Waals surface area contributed by atoms with Crippen LogP contribution in [-0.4, -0.2) is 24.4 Å². The SMILES string of the molecule is CCCCN(CCCC)c1nc(-c2c(C)cccc2C)c(C=O)s1. The molecule has 0 unspecified atom stereocenters. The molecule has 2 rings (SSSR count). The summed E-state index contributed by atoms with van der Waals surface area (Å²) < 4.78 is 0. The first-order chi connectivity index (χ1) is 11.6. The maximum atomic E-state index is 11.6. The molecule has 4 heteroatoms. The summed E-state index contributed by atoms with van der Waals surface area (Å²) >= 11 is 1.53. The molecule has 0 aliphatic heterocycles. The number of aromatic nitrogens is 1. The molecule has 1 heterocycles. The smallest absolute Gasteiger partial charge is 0.186 e. The molecule has 1 aromatic carbocycles.